The van der Waals surface area contributed by atoms with Gasteiger partial charge in [0.05, 0.1) is 13.7 Å². The fourth-order valence-electron chi connectivity index (χ4n) is 4.22. The van der Waals surface area contributed by atoms with Crippen LogP contribution < -0.4 is 15.4 Å². The fraction of sp³-hybridized carbons (Fsp3) is 0.333. The number of imide groups is 1. The Hall–Kier alpha value is -3.62. The zero-order chi connectivity index (χ0) is 20.9. The van der Waals surface area contributed by atoms with Gasteiger partial charge in [0.25, 0.3) is 11.8 Å². The minimum absolute atomic E-state index is 0.0294. The predicted octanol–water partition coefficient (Wildman–Crippen LogP) is 0.996. The number of rotatable bonds is 4. The van der Waals surface area contributed by atoms with Gasteiger partial charge in [0, 0.05) is 36.9 Å². The third-order valence-corrected chi connectivity index (χ3v) is 5.81. The van der Waals surface area contributed by atoms with Gasteiger partial charge >= 0.3 is 6.03 Å². The van der Waals surface area contributed by atoms with Crippen molar-refractivity contribution >= 4 is 24.1 Å². The molecule has 4 amide bonds. The summed E-state index contributed by atoms with van der Waals surface area (Å²) in [4.78, 5) is 43.9. The first kappa shape index (κ1) is 18.4. The summed E-state index contributed by atoms with van der Waals surface area (Å²) in [5, 5.41) is 4.99. The molecular weight excluding hydrogens is 388 g/mol. The number of furan rings is 1. The predicted molar refractivity (Wildman–Crippen MR) is 106 cm³/mol. The van der Waals surface area contributed by atoms with E-state index >= 15 is 0 Å². The number of ether oxygens (including phenoxy) is 1. The second-order valence-corrected chi connectivity index (χ2v) is 7.59. The molecular formula is C21H20N4O5. The molecule has 1 saturated heterocycles. The van der Waals surface area contributed by atoms with Gasteiger partial charge in [-0.1, -0.05) is 0 Å². The highest BCUT2D eigenvalue weighted by Crippen LogP contribution is 2.33. The van der Waals surface area contributed by atoms with Crippen LogP contribution in [-0.4, -0.2) is 55.7 Å². The number of nitrogens with one attached hydrogen (secondary N) is 2. The van der Waals surface area contributed by atoms with E-state index in [2.05, 4.69) is 15.6 Å². The molecule has 3 aliphatic heterocycles. The van der Waals surface area contributed by atoms with Crippen LogP contribution in [0.15, 0.2) is 33.7 Å². The van der Waals surface area contributed by atoms with Crippen LogP contribution in [0.25, 0.3) is 0 Å². The number of methoxy groups -OCH3 is 1. The topological polar surface area (TPSA) is 113 Å². The van der Waals surface area contributed by atoms with Crippen molar-refractivity contribution in [1.82, 2.24) is 15.5 Å². The summed E-state index contributed by atoms with van der Waals surface area (Å²) in [7, 11) is 1.58. The Labute approximate surface area is 172 Å². The van der Waals surface area contributed by atoms with Crippen molar-refractivity contribution in [3.8, 4) is 5.75 Å². The van der Waals surface area contributed by atoms with Crippen molar-refractivity contribution in [2.24, 2.45) is 4.99 Å². The van der Waals surface area contributed by atoms with Crippen molar-refractivity contribution in [2.75, 3.05) is 26.7 Å². The van der Waals surface area contributed by atoms with Gasteiger partial charge in [0.2, 0.25) is 0 Å². The van der Waals surface area contributed by atoms with Gasteiger partial charge in [-0.05, 0) is 36.2 Å². The maximum Gasteiger partial charge on any atom is 0.322 e. The Bertz CT molecular complexity index is 1100. The molecule has 154 valence electrons. The monoisotopic (exact) mass is 408 g/mol. The molecule has 3 aliphatic rings. The van der Waals surface area contributed by atoms with Crippen LogP contribution in [0.4, 0.5) is 4.79 Å². The maximum atomic E-state index is 13.1. The summed E-state index contributed by atoms with van der Waals surface area (Å²) >= 11 is 0. The average Bonchev–Trinajstić information content (AvgIpc) is 3.31. The van der Waals surface area contributed by atoms with Crippen LogP contribution in [0.1, 0.15) is 33.0 Å². The number of aliphatic imine (C=N–C) groups is 1. The molecule has 9 heteroatoms. The van der Waals surface area contributed by atoms with E-state index in [1.165, 1.54) is 0 Å². The van der Waals surface area contributed by atoms with E-state index in [9.17, 15) is 14.4 Å². The number of hydrogen-bond donors (Lipinski definition) is 2. The van der Waals surface area contributed by atoms with Gasteiger partial charge in [-0.2, -0.15) is 0 Å². The average molecular weight is 408 g/mol. The van der Waals surface area contributed by atoms with Crippen molar-refractivity contribution < 1.29 is 23.5 Å². The number of hydrogen-bond acceptors (Lipinski definition) is 6. The third kappa shape index (κ3) is 2.77. The van der Waals surface area contributed by atoms with Crippen molar-refractivity contribution in [2.45, 2.75) is 18.4 Å². The minimum atomic E-state index is -1.48. The Morgan fingerprint density at radius 1 is 1.23 bits per heavy atom. The van der Waals surface area contributed by atoms with E-state index in [0.717, 1.165) is 16.9 Å². The largest absolute Gasteiger partial charge is 0.497 e. The number of carbonyl (C=O) groups excluding carboxylic acids is 3. The molecule has 5 rings (SSSR count). The van der Waals surface area contributed by atoms with E-state index in [0.29, 0.717) is 43.0 Å². The molecule has 0 spiro atoms. The fourth-order valence-corrected chi connectivity index (χ4v) is 4.22. The highest BCUT2D eigenvalue weighted by Gasteiger charge is 2.52. The molecule has 1 aromatic heterocycles. The molecule has 0 aliphatic carbocycles. The first-order valence-electron chi connectivity index (χ1n) is 9.73. The van der Waals surface area contributed by atoms with Gasteiger partial charge in [-0.3, -0.25) is 19.9 Å². The molecule has 0 bridgehead atoms. The number of nitrogens with zero attached hydrogens (tertiary/aromatic N) is 2. The third-order valence-electron chi connectivity index (χ3n) is 5.81. The second kappa shape index (κ2) is 6.72. The van der Waals surface area contributed by atoms with E-state index in [1.54, 1.807) is 36.4 Å². The Morgan fingerprint density at radius 3 is 2.83 bits per heavy atom. The zero-order valence-electron chi connectivity index (χ0n) is 16.4. The summed E-state index contributed by atoms with van der Waals surface area (Å²) in [5.74, 6) is 0.971. The number of benzene rings is 1. The molecule has 9 nitrogen and oxygen atoms in total. The van der Waals surface area contributed by atoms with Gasteiger partial charge in [-0.25, -0.2) is 4.79 Å². The van der Waals surface area contributed by atoms with E-state index in [4.69, 9.17) is 9.15 Å². The molecule has 1 fully saturated rings. The summed E-state index contributed by atoms with van der Waals surface area (Å²) in [6.45, 7) is 0.987. The normalized spacial score (nSPS) is 22.4. The number of urea groups is 1. The summed E-state index contributed by atoms with van der Waals surface area (Å²) < 4.78 is 11.2. The maximum absolute atomic E-state index is 13.1. The lowest BCUT2D eigenvalue weighted by atomic mass is 9.92. The van der Waals surface area contributed by atoms with Crippen molar-refractivity contribution in [3.63, 3.8) is 0 Å². The van der Waals surface area contributed by atoms with E-state index in [-0.39, 0.29) is 12.5 Å². The van der Waals surface area contributed by atoms with Crippen LogP contribution in [0.3, 0.4) is 0 Å². The van der Waals surface area contributed by atoms with Gasteiger partial charge < -0.3 is 19.4 Å². The van der Waals surface area contributed by atoms with Crippen LogP contribution in [-0.2, 0) is 23.2 Å². The van der Waals surface area contributed by atoms with Gasteiger partial charge in [0.15, 0.2) is 5.54 Å². The molecule has 1 aromatic carbocycles. The number of fused-ring (bicyclic) bond motifs is 2. The molecule has 30 heavy (non-hydrogen) atoms. The van der Waals surface area contributed by atoms with Crippen molar-refractivity contribution in [3.05, 3.63) is 52.5 Å². The Morgan fingerprint density at radius 2 is 2.10 bits per heavy atom. The number of carbonyl (C=O) groups is 3. The zero-order valence-corrected chi connectivity index (χ0v) is 16.4. The van der Waals surface area contributed by atoms with Crippen LogP contribution in [0.5, 0.6) is 5.75 Å². The molecule has 4 heterocycles. The molecule has 0 unspecified atom stereocenters. The molecule has 2 aromatic rings. The summed E-state index contributed by atoms with van der Waals surface area (Å²) in [5.41, 5.74) is 0.760. The Balaban J connectivity index is 1.50. The van der Waals surface area contributed by atoms with Crippen molar-refractivity contribution in [1.29, 1.82) is 0 Å². The standard InChI is InChI=1S/C21H20N4O5/c1-29-14-2-3-15-12(8-14)5-7-25(18(15)26)11-21(19(27)23-20(28)24-21)17-9-13-10-22-6-4-16(13)30-17/h2-3,8-10H,4-7,11H2,1H3,(H2,23,24,27,28)/t21-/m0/s1. The van der Waals surface area contributed by atoms with Gasteiger partial charge in [0.1, 0.15) is 17.3 Å². The lowest BCUT2D eigenvalue weighted by molar-refractivity contribution is -0.125. The minimum Gasteiger partial charge on any atom is -0.497 e. The lowest BCUT2D eigenvalue weighted by Crippen LogP contribution is -2.55. The molecule has 0 radical (unpaired) electrons. The SMILES string of the molecule is COc1ccc2c(c1)CCN(C[C@@]1(c3cc4c(o3)CCN=C4)NC(=O)NC1=O)C2=O. The van der Waals surface area contributed by atoms with E-state index in [1.807, 2.05) is 6.07 Å². The molecule has 0 saturated carbocycles. The Kier molecular flexibility index (Phi) is 4.12. The molecule has 1 atom stereocenters. The highest BCUT2D eigenvalue weighted by atomic mass is 16.5. The van der Waals surface area contributed by atoms with Crippen LogP contribution in [0, 0.1) is 0 Å². The highest BCUT2D eigenvalue weighted by molar-refractivity contribution is 6.08. The lowest BCUT2D eigenvalue weighted by Gasteiger charge is -2.34. The van der Waals surface area contributed by atoms with E-state index < -0.39 is 17.5 Å². The summed E-state index contributed by atoms with van der Waals surface area (Å²) in [6.07, 6.45) is 2.93. The van der Waals surface area contributed by atoms with Crippen LogP contribution >= 0.6 is 0 Å². The first-order valence-corrected chi connectivity index (χ1v) is 9.73. The first-order chi connectivity index (χ1) is 14.5. The summed E-state index contributed by atoms with van der Waals surface area (Å²) in [6, 6.07) is 6.42. The quantitative estimate of drug-likeness (QED) is 0.733. The second-order valence-electron chi connectivity index (χ2n) is 7.59. The van der Waals surface area contributed by atoms with Crippen LogP contribution in [0.2, 0.25) is 0 Å². The molecule has 2 N–H and O–H groups in total. The van der Waals surface area contributed by atoms with Gasteiger partial charge in [-0.15, -0.1) is 0 Å². The smallest absolute Gasteiger partial charge is 0.322 e. The number of amides is 4.